The Balaban J connectivity index is 2.39. The van der Waals surface area contributed by atoms with E-state index in [4.69, 9.17) is 9.84 Å². The van der Waals surface area contributed by atoms with Crippen molar-refractivity contribution in [3.05, 3.63) is 0 Å². The SMILES string of the molecule is CCCC(CC1CCC(=O)O1)C(=O)O. The molecule has 4 heteroatoms. The maximum absolute atomic E-state index is 10.8. The molecule has 0 bridgehead atoms. The minimum Gasteiger partial charge on any atom is -0.481 e. The number of rotatable bonds is 5. The van der Waals surface area contributed by atoms with Gasteiger partial charge in [-0.2, -0.15) is 0 Å². The Labute approximate surface area is 83.2 Å². The number of ether oxygens (including phenoxy) is 1. The molecule has 0 amide bonds. The molecule has 2 atom stereocenters. The van der Waals surface area contributed by atoms with Gasteiger partial charge in [-0.15, -0.1) is 0 Å². The number of carbonyl (C=O) groups excluding carboxylic acids is 1. The molecule has 1 N–H and O–H groups in total. The van der Waals surface area contributed by atoms with Crippen LogP contribution in [-0.4, -0.2) is 23.1 Å². The van der Waals surface area contributed by atoms with E-state index in [1.807, 2.05) is 6.92 Å². The molecule has 1 saturated heterocycles. The van der Waals surface area contributed by atoms with E-state index in [2.05, 4.69) is 0 Å². The lowest BCUT2D eigenvalue weighted by atomic mass is 9.95. The third kappa shape index (κ3) is 3.01. The number of hydrogen-bond acceptors (Lipinski definition) is 3. The van der Waals surface area contributed by atoms with E-state index in [0.29, 0.717) is 25.7 Å². The lowest BCUT2D eigenvalue weighted by Crippen LogP contribution is -2.20. The van der Waals surface area contributed by atoms with Gasteiger partial charge in [-0.1, -0.05) is 13.3 Å². The maximum atomic E-state index is 10.8. The Morgan fingerprint density at radius 1 is 1.71 bits per heavy atom. The summed E-state index contributed by atoms with van der Waals surface area (Å²) in [6, 6.07) is 0. The van der Waals surface area contributed by atoms with E-state index in [1.54, 1.807) is 0 Å². The molecule has 0 aromatic rings. The second-order valence-electron chi connectivity index (χ2n) is 3.71. The van der Waals surface area contributed by atoms with Crippen molar-refractivity contribution in [2.75, 3.05) is 0 Å². The summed E-state index contributed by atoms with van der Waals surface area (Å²) >= 11 is 0. The third-order valence-electron chi connectivity index (χ3n) is 2.50. The zero-order valence-electron chi connectivity index (χ0n) is 8.36. The molecule has 1 heterocycles. The molecule has 80 valence electrons. The Morgan fingerprint density at radius 2 is 2.43 bits per heavy atom. The monoisotopic (exact) mass is 200 g/mol. The summed E-state index contributed by atoms with van der Waals surface area (Å²) in [6.45, 7) is 1.95. The van der Waals surface area contributed by atoms with Crippen LogP contribution in [0.15, 0.2) is 0 Å². The van der Waals surface area contributed by atoms with E-state index in [9.17, 15) is 9.59 Å². The number of cyclic esters (lactones) is 1. The summed E-state index contributed by atoms with van der Waals surface area (Å²) in [6.07, 6.45) is 2.90. The van der Waals surface area contributed by atoms with Crippen LogP contribution in [0.25, 0.3) is 0 Å². The topological polar surface area (TPSA) is 63.6 Å². The number of carboxylic acids is 1. The van der Waals surface area contributed by atoms with Crippen LogP contribution in [0.3, 0.4) is 0 Å². The highest BCUT2D eigenvalue weighted by Gasteiger charge is 2.28. The average Bonchev–Trinajstić information content (AvgIpc) is 2.50. The first-order chi connectivity index (χ1) is 6.63. The quantitative estimate of drug-likeness (QED) is 0.684. The molecule has 0 aromatic heterocycles. The van der Waals surface area contributed by atoms with Crippen LogP contribution in [0.1, 0.15) is 39.0 Å². The van der Waals surface area contributed by atoms with E-state index in [-0.39, 0.29) is 18.0 Å². The van der Waals surface area contributed by atoms with Crippen molar-refractivity contribution >= 4 is 11.9 Å². The lowest BCUT2D eigenvalue weighted by molar-refractivity contribution is -0.147. The van der Waals surface area contributed by atoms with Crippen molar-refractivity contribution in [2.45, 2.75) is 45.1 Å². The smallest absolute Gasteiger partial charge is 0.306 e. The molecule has 1 aliphatic rings. The first-order valence-corrected chi connectivity index (χ1v) is 5.05. The standard InChI is InChI=1S/C10H16O4/c1-2-3-7(10(12)13)6-8-4-5-9(11)14-8/h7-8H,2-6H2,1H3,(H,12,13). The Morgan fingerprint density at radius 3 is 2.86 bits per heavy atom. The van der Waals surface area contributed by atoms with Crippen LogP contribution in [0, 0.1) is 5.92 Å². The molecule has 14 heavy (non-hydrogen) atoms. The van der Waals surface area contributed by atoms with Crippen LogP contribution < -0.4 is 0 Å². The van der Waals surface area contributed by atoms with Gasteiger partial charge in [0.2, 0.25) is 0 Å². The largest absolute Gasteiger partial charge is 0.481 e. The molecular formula is C10H16O4. The van der Waals surface area contributed by atoms with Gasteiger partial charge in [0.1, 0.15) is 6.10 Å². The van der Waals surface area contributed by atoms with Gasteiger partial charge in [-0.3, -0.25) is 9.59 Å². The molecule has 0 saturated carbocycles. The summed E-state index contributed by atoms with van der Waals surface area (Å²) in [7, 11) is 0. The normalized spacial score (nSPS) is 23.2. The molecule has 1 rings (SSSR count). The second kappa shape index (κ2) is 4.98. The van der Waals surface area contributed by atoms with Gasteiger partial charge >= 0.3 is 11.9 Å². The molecule has 0 aromatic carbocycles. The van der Waals surface area contributed by atoms with Crippen molar-refractivity contribution in [3.63, 3.8) is 0 Å². The summed E-state index contributed by atoms with van der Waals surface area (Å²) < 4.78 is 4.99. The van der Waals surface area contributed by atoms with E-state index >= 15 is 0 Å². The second-order valence-corrected chi connectivity index (χ2v) is 3.71. The molecule has 4 nitrogen and oxygen atoms in total. The fraction of sp³-hybridized carbons (Fsp3) is 0.800. The molecule has 2 unspecified atom stereocenters. The number of aliphatic carboxylic acids is 1. The Bertz CT molecular complexity index is 224. The van der Waals surface area contributed by atoms with E-state index in [1.165, 1.54) is 0 Å². The van der Waals surface area contributed by atoms with Crippen molar-refractivity contribution < 1.29 is 19.4 Å². The van der Waals surface area contributed by atoms with Crippen LogP contribution in [-0.2, 0) is 14.3 Å². The van der Waals surface area contributed by atoms with Crippen LogP contribution in [0.5, 0.6) is 0 Å². The molecule has 1 aliphatic heterocycles. The fourth-order valence-electron chi connectivity index (χ4n) is 1.76. The lowest BCUT2D eigenvalue weighted by Gasteiger charge is -2.15. The number of esters is 1. The van der Waals surface area contributed by atoms with Gasteiger partial charge in [0.05, 0.1) is 5.92 Å². The zero-order chi connectivity index (χ0) is 10.6. The fourth-order valence-corrected chi connectivity index (χ4v) is 1.76. The average molecular weight is 200 g/mol. The van der Waals surface area contributed by atoms with Crippen molar-refractivity contribution in [2.24, 2.45) is 5.92 Å². The summed E-state index contributed by atoms with van der Waals surface area (Å²) in [4.78, 5) is 21.6. The summed E-state index contributed by atoms with van der Waals surface area (Å²) in [5.41, 5.74) is 0. The minimum atomic E-state index is -0.783. The maximum Gasteiger partial charge on any atom is 0.306 e. The van der Waals surface area contributed by atoms with Gasteiger partial charge in [0.15, 0.2) is 0 Å². The zero-order valence-corrected chi connectivity index (χ0v) is 8.36. The molecule has 0 radical (unpaired) electrons. The number of hydrogen-bond donors (Lipinski definition) is 1. The van der Waals surface area contributed by atoms with Crippen LogP contribution in [0.2, 0.25) is 0 Å². The van der Waals surface area contributed by atoms with Crippen LogP contribution >= 0.6 is 0 Å². The number of carbonyl (C=O) groups is 2. The van der Waals surface area contributed by atoms with Crippen LogP contribution in [0.4, 0.5) is 0 Å². The number of carboxylic acid groups (broad SMARTS) is 1. The van der Waals surface area contributed by atoms with Gasteiger partial charge in [0.25, 0.3) is 0 Å². The van der Waals surface area contributed by atoms with Crippen molar-refractivity contribution in [3.8, 4) is 0 Å². The molecule has 0 aliphatic carbocycles. The Kier molecular flexibility index (Phi) is 3.92. The predicted molar refractivity (Wildman–Crippen MR) is 49.8 cm³/mol. The molecule has 0 spiro atoms. The highest BCUT2D eigenvalue weighted by atomic mass is 16.5. The van der Waals surface area contributed by atoms with E-state index < -0.39 is 5.97 Å². The minimum absolute atomic E-state index is 0.171. The van der Waals surface area contributed by atoms with Gasteiger partial charge in [0, 0.05) is 6.42 Å². The van der Waals surface area contributed by atoms with Gasteiger partial charge in [-0.25, -0.2) is 0 Å². The van der Waals surface area contributed by atoms with E-state index in [0.717, 1.165) is 6.42 Å². The molecular weight excluding hydrogens is 184 g/mol. The summed E-state index contributed by atoms with van der Waals surface area (Å²) in [5.74, 6) is -1.35. The van der Waals surface area contributed by atoms with Gasteiger partial charge in [-0.05, 0) is 19.3 Å². The summed E-state index contributed by atoms with van der Waals surface area (Å²) in [5, 5.41) is 8.89. The first-order valence-electron chi connectivity index (χ1n) is 5.05. The van der Waals surface area contributed by atoms with Gasteiger partial charge < -0.3 is 9.84 Å². The highest BCUT2D eigenvalue weighted by molar-refractivity contribution is 5.72. The first kappa shape index (κ1) is 11.0. The van der Waals surface area contributed by atoms with Crippen molar-refractivity contribution in [1.82, 2.24) is 0 Å². The molecule has 1 fully saturated rings. The highest BCUT2D eigenvalue weighted by Crippen LogP contribution is 2.23. The predicted octanol–water partition coefficient (Wildman–Crippen LogP) is 1.58. The van der Waals surface area contributed by atoms with Crippen molar-refractivity contribution in [1.29, 1.82) is 0 Å². The Hall–Kier alpha value is -1.06. The third-order valence-corrected chi connectivity index (χ3v) is 2.50.